The van der Waals surface area contributed by atoms with Gasteiger partial charge in [-0.3, -0.25) is 9.69 Å². The normalized spacial score (nSPS) is 13.2. The SMILES string of the molecule is O=C(O)c1c[nH]c(=O)c2c1CCCN2C(=O)OCc1ccccc1. The van der Waals surface area contributed by atoms with Gasteiger partial charge in [-0.2, -0.15) is 0 Å². The number of nitrogens with zero attached hydrogens (tertiary/aromatic N) is 1. The number of hydrogen-bond acceptors (Lipinski definition) is 4. The molecular weight excluding hydrogens is 312 g/mol. The summed E-state index contributed by atoms with van der Waals surface area (Å²) in [6.07, 6.45) is 1.51. The van der Waals surface area contributed by atoms with E-state index in [1.165, 1.54) is 11.1 Å². The summed E-state index contributed by atoms with van der Waals surface area (Å²) in [6.45, 7) is 0.398. The molecule has 0 saturated heterocycles. The van der Waals surface area contributed by atoms with Crippen molar-refractivity contribution in [2.45, 2.75) is 19.4 Å². The van der Waals surface area contributed by atoms with E-state index in [1.54, 1.807) is 0 Å². The van der Waals surface area contributed by atoms with Gasteiger partial charge in [0.25, 0.3) is 5.56 Å². The summed E-state index contributed by atoms with van der Waals surface area (Å²) >= 11 is 0. The Labute approximate surface area is 137 Å². The van der Waals surface area contributed by atoms with Gasteiger partial charge < -0.3 is 14.8 Å². The summed E-state index contributed by atoms with van der Waals surface area (Å²) in [5, 5.41) is 9.25. The van der Waals surface area contributed by atoms with Crippen molar-refractivity contribution in [1.82, 2.24) is 4.98 Å². The van der Waals surface area contributed by atoms with Gasteiger partial charge in [-0.25, -0.2) is 9.59 Å². The lowest BCUT2D eigenvalue weighted by Crippen LogP contribution is -2.40. The Kier molecular flexibility index (Phi) is 4.33. The molecule has 0 radical (unpaired) electrons. The lowest BCUT2D eigenvalue weighted by molar-refractivity contribution is 0.0694. The van der Waals surface area contributed by atoms with E-state index in [0.29, 0.717) is 24.9 Å². The highest BCUT2D eigenvalue weighted by Crippen LogP contribution is 2.26. The number of hydrogen-bond donors (Lipinski definition) is 2. The highest BCUT2D eigenvalue weighted by Gasteiger charge is 2.30. The molecule has 0 spiro atoms. The summed E-state index contributed by atoms with van der Waals surface area (Å²) in [6, 6.07) is 9.19. The topological polar surface area (TPSA) is 99.7 Å². The molecule has 7 heteroatoms. The van der Waals surface area contributed by atoms with Crippen molar-refractivity contribution in [3.8, 4) is 0 Å². The zero-order valence-corrected chi connectivity index (χ0v) is 12.8. The summed E-state index contributed by atoms with van der Waals surface area (Å²) < 4.78 is 5.27. The van der Waals surface area contributed by atoms with Gasteiger partial charge in [-0.15, -0.1) is 0 Å². The number of anilines is 1. The molecule has 1 aliphatic rings. The van der Waals surface area contributed by atoms with E-state index in [9.17, 15) is 19.5 Å². The van der Waals surface area contributed by atoms with Crippen LogP contribution in [0.15, 0.2) is 41.3 Å². The van der Waals surface area contributed by atoms with Gasteiger partial charge in [-0.05, 0) is 24.0 Å². The minimum Gasteiger partial charge on any atom is -0.478 e. The molecule has 0 aliphatic carbocycles. The van der Waals surface area contributed by atoms with Gasteiger partial charge in [0.2, 0.25) is 0 Å². The van der Waals surface area contributed by atoms with Crippen molar-refractivity contribution in [3.63, 3.8) is 0 Å². The van der Waals surface area contributed by atoms with E-state index in [1.807, 2.05) is 30.3 Å². The van der Waals surface area contributed by atoms with Crippen LogP contribution < -0.4 is 10.5 Å². The number of aromatic nitrogens is 1. The van der Waals surface area contributed by atoms with Gasteiger partial charge >= 0.3 is 12.1 Å². The average Bonchev–Trinajstić information content (AvgIpc) is 2.60. The van der Waals surface area contributed by atoms with E-state index in [0.717, 1.165) is 5.56 Å². The molecule has 7 nitrogen and oxygen atoms in total. The predicted molar refractivity (Wildman–Crippen MR) is 86.3 cm³/mol. The van der Waals surface area contributed by atoms with E-state index >= 15 is 0 Å². The first kappa shape index (κ1) is 15.8. The van der Waals surface area contributed by atoms with Gasteiger partial charge in [-0.1, -0.05) is 30.3 Å². The van der Waals surface area contributed by atoms with Gasteiger partial charge in [0, 0.05) is 12.7 Å². The lowest BCUT2D eigenvalue weighted by Gasteiger charge is -2.28. The Morgan fingerprint density at radius 3 is 2.71 bits per heavy atom. The molecule has 0 unspecified atom stereocenters. The van der Waals surface area contributed by atoms with Crippen molar-refractivity contribution >= 4 is 17.7 Å². The number of carbonyl (C=O) groups excluding carboxylic acids is 1. The molecule has 1 aromatic carbocycles. The van der Waals surface area contributed by atoms with Crippen LogP contribution in [0, 0.1) is 0 Å². The highest BCUT2D eigenvalue weighted by molar-refractivity contribution is 5.95. The summed E-state index contributed by atoms with van der Waals surface area (Å²) in [5.41, 5.74) is 0.779. The number of H-pyrrole nitrogens is 1. The molecule has 1 amide bonds. The quantitative estimate of drug-likeness (QED) is 0.899. The maximum atomic E-state index is 12.4. The second-order valence-electron chi connectivity index (χ2n) is 5.46. The van der Waals surface area contributed by atoms with Crippen molar-refractivity contribution in [3.05, 3.63) is 63.6 Å². The van der Waals surface area contributed by atoms with Gasteiger partial charge in [0.05, 0.1) is 5.56 Å². The third-order valence-corrected chi connectivity index (χ3v) is 3.91. The maximum absolute atomic E-state index is 12.4. The summed E-state index contributed by atoms with van der Waals surface area (Å²) in [4.78, 5) is 39.4. The van der Waals surface area contributed by atoms with Gasteiger partial charge in [0.15, 0.2) is 0 Å². The molecule has 2 aromatic rings. The number of carboxylic acids is 1. The van der Waals surface area contributed by atoms with Crippen LogP contribution in [0.4, 0.5) is 10.5 Å². The number of amides is 1. The fourth-order valence-electron chi connectivity index (χ4n) is 2.79. The molecule has 124 valence electrons. The number of aromatic carboxylic acids is 1. The Morgan fingerprint density at radius 1 is 1.25 bits per heavy atom. The van der Waals surface area contributed by atoms with Gasteiger partial charge in [0.1, 0.15) is 12.3 Å². The van der Waals surface area contributed by atoms with E-state index in [2.05, 4.69) is 4.98 Å². The number of pyridine rings is 1. The molecule has 24 heavy (non-hydrogen) atoms. The first-order valence-electron chi connectivity index (χ1n) is 7.54. The minimum atomic E-state index is -1.14. The highest BCUT2D eigenvalue weighted by atomic mass is 16.6. The number of nitrogens with one attached hydrogen (secondary N) is 1. The van der Waals surface area contributed by atoms with Crippen LogP contribution in [0.1, 0.15) is 27.9 Å². The number of ether oxygens (including phenoxy) is 1. The summed E-state index contributed by atoms with van der Waals surface area (Å²) in [7, 11) is 0. The summed E-state index contributed by atoms with van der Waals surface area (Å²) in [5.74, 6) is -1.14. The van der Waals surface area contributed by atoms with Crippen molar-refractivity contribution in [2.24, 2.45) is 0 Å². The Morgan fingerprint density at radius 2 is 2.00 bits per heavy atom. The number of fused-ring (bicyclic) bond motifs is 1. The predicted octanol–water partition coefficient (Wildman–Crippen LogP) is 2.16. The largest absolute Gasteiger partial charge is 0.478 e. The standard InChI is InChI=1S/C17H16N2O5/c20-15-14-12(13(9-18-15)16(21)22)7-4-8-19(14)17(23)24-10-11-5-2-1-3-6-11/h1-3,5-6,9H,4,7-8,10H2,(H,18,20)(H,21,22). The fraction of sp³-hybridized carbons (Fsp3) is 0.235. The molecule has 0 atom stereocenters. The van der Waals surface area contributed by atoms with E-state index in [-0.39, 0.29) is 17.9 Å². The fourth-order valence-corrected chi connectivity index (χ4v) is 2.79. The number of carbonyl (C=O) groups is 2. The maximum Gasteiger partial charge on any atom is 0.414 e. The minimum absolute atomic E-state index is 0.00478. The third-order valence-electron chi connectivity index (χ3n) is 3.91. The lowest BCUT2D eigenvalue weighted by atomic mass is 9.99. The van der Waals surface area contributed by atoms with Crippen molar-refractivity contribution in [1.29, 1.82) is 0 Å². The molecule has 2 N–H and O–H groups in total. The van der Waals surface area contributed by atoms with Crippen LogP contribution in [-0.4, -0.2) is 28.7 Å². The Bertz CT molecular complexity index is 829. The van der Waals surface area contributed by atoms with Crippen LogP contribution >= 0.6 is 0 Å². The molecule has 0 bridgehead atoms. The van der Waals surface area contributed by atoms with Crippen LogP contribution in [0.5, 0.6) is 0 Å². The number of aromatic amines is 1. The average molecular weight is 328 g/mol. The molecule has 0 fully saturated rings. The molecule has 1 aliphatic heterocycles. The van der Waals surface area contributed by atoms with Crippen LogP contribution in [0.2, 0.25) is 0 Å². The zero-order valence-electron chi connectivity index (χ0n) is 12.8. The molecule has 0 saturated carbocycles. The molecular formula is C17H16N2O5. The van der Waals surface area contributed by atoms with Crippen molar-refractivity contribution in [2.75, 3.05) is 11.4 Å². The van der Waals surface area contributed by atoms with Crippen molar-refractivity contribution < 1.29 is 19.4 Å². The van der Waals surface area contributed by atoms with E-state index < -0.39 is 17.6 Å². The third kappa shape index (κ3) is 3.01. The number of rotatable bonds is 3. The van der Waals surface area contributed by atoms with E-state index in [4.69, 9.17) is 4.74 Å². The zero-order chi connectivity index (χ0) is 17.1. The van der Waals surface area contributed by atoms with Crippen LogP contribution in [-0.2, 0) is 17.8 Å². The second-order valence-corrected chi connectivity index (χ2v) is 5.46. The Balaban J connectivity index is 1.86. The smallest absolute Gasteiger partial charge is 0.414 e. The molecule has 1 aromatic heterocycles. The monoisotopic (exact) mass is 328 g/mol. The second kappa shape index (κ2) is 6.57. The number of benzene rings is 1. The Hall–Kier alpha value is -3.09. The first-order chi connectivity index (χ1) is 11.6. The first-order valence-corrected chi connectivity index (χ1v) is 7.54. The molecule has 2 heterocycles. The number of carboxylic acid groups (broad SMARTS) is 1. The van der Waals surface area contributed by atoms with Crippen LogP contribution in [0.25, 0.3) is 0 Å². The van der Waals surface area contributed by atoms with Crippen LogP contribution in [0.3, 0.4) is 0 Å². The molecule has 3 rings (SSSR count).